The number of nitrogens with two attached hydrogens (primary N) is 1. The van der Waals surface area contributed by atoms with Crippen LogP contribution >= 0.6 is 54.5 Å². The van der Waals surface area contributed by atoms with E-state index in [1.165, 1.54) is 11.3 Å². The average Bonchev–Trinajstić information content (AvgIpc) is 2.79. The standard InChI is InChI=1S/C13H13Br2NO2S2/c1-13(2,3)18-12(17)10-7(16)5-8(19-10)6-4-9(14)20-11(6)15/h4-5H,16H2,1-3H3. The highest BCUT2D eigenvalue weighted by Gasteiger charge is 2.23. The van der Waals surface area contributed by atoms with E-state index < -0.39 is 5.60 Å². The lowest BCUT2D eigenvalue weighted by Crippen LogP contribution is -2.23. The molecule has 0 spiro atoms. The zero-order valence-electron chi connectivity index (χ0n) is 11.1. The zero-order chi connectivity index (χ0) is 15.1. The van der Waals surface area contributed by atoms with Gasteiger partial charge >= 0.3 is 5.97 Å². The van der Waals surface area contributed by atoms with Crippen LogP contribution in [0.1, 0.15) is 30.4 Å². The molecule has 0 aliphatic heterocycles. The van der Waals surface area contributed by atoms with E-state index in [1.807, 2.05) is 32.9 Å². The van der Waals surface area contributed by atoms with Crippen LogP contribution < -0.4 is 5.73 Å². The molecule has 2 aromatic rings. The van der Waals surface area contributed by atoms with Gasteiger partial charge in [0.2, 0.25) is 0 Å². The number of rotatable bonds is 2. The van der Waals surface area contributed by atoms with Gasteiger partial charge in [-0.15, -0.1) is 22.7 Å². The van der Waals surface area contributed by atoms with E-state index in [2.05, 4.69) is 31.9 Å². The molecule has 3 nitrogen and oxygen atoms in total. The van der Waals surface area contributed by atoms with E-state index in [-0.39, 0.29) is 5.97 Å². The fourth-order valence-electron chi connectivity index (χ4n) is 1.53. The second-order valence-corrected chi connectivity index (χ2v) is 9.94. The number of carbonyl (C=O) groups excluding carboxylic acids is 1. The summed E-state index contributed by atoms with van der Waals surface area (Å²) in [7, 11) is 0. The Bertz CT molecular complexity index is 656. The number of halogens is 2. The van der Waals surface area contributed by atoms with Gasteiger partial charge in [0.05, 0.1) is 13.3 Å². The van der Waals surface area contributed by atoms with E-state index in [0.717, 1.165) is 18.0 Å². The summed E-state index contributed by atoms with van der Waals surface area (Å²) >= 11 is 9.88. The van der Waals surface area contributed by atoms with E-state index >= 15 is 0 Å². The second kappa shape index (κ2) is 5.79. The molecule has 7 heteroatoms. The number of hydrogen-bond acceptors (Lipinski definition) is 5. The molecule has 0 aliphatic rings. The van der Waals surface area contributed by atoms with Crippen LogP contribution in [0.4, 0.5) is 5.69 Å². The Morgan fingerprint density at radius 3 is 2.40 bits per heavy atom. The van der Waals surface area contributed by atoms with Crippen LogP contribution in [0, 0.1) is 0 Å². The van der Waals surface area contributed by atoms with Crippen LogP contribution in [0.15, 0.2) is 19.7 Å². The maximum atomic E-state index is 12.1. The first-order valence-corrected chi connectivity index (χ1v) is 8.97. The number of thiophene rings is 2. The van der Waals surface area contributed by atoms with Crippen molar-refractivity contribution in [2.24, 2.45) is 0 Å². The minimum atomic E-state index is -0.528. The molecule has 20 heavy (non-hydrogen) atoms. The molecule has 0 aromatic carbocycles. The first kappa shape index (κ1) is 16.0. The summed E-state index contributed by atoms with van der Waals surface area (Å²) in [5, 5.41) is 0. The first-order valence-electron chi connectivity index (χ1n) is 5.75. The molecule has 2 N–H and O–H groups in total. The highest BCUT2D eigenvalue weighted by atomic mass is 79.9. The van der Waals surface area contributed by atoms with Crippen LogP contribution in [0.5, 0.6) is 0 Å². The van der Waals surface area contributed by atoms with E-state index in [1.54, 1.807) is 11.3 Å². The minimum absolute atomic E-state index is 0.378. The number of ether oxygens (including phenoxy) is 1. The fourth-order valence-corrected chi connectivity index (χ4v) is 5.55. The maximum Gasteiger partial charge on any atom is 0.350 e. The summed E-state index contributed by atoms with van der Waals surface area (Å²) in [6, 6.07) is 3.81. The Kier molecular flexibility index (Phi) is 4.63. The summed E-state index contributed by atoms with van der Waals surface area (Å²) in [5.74, 6) is -0.378. The molecule has 0 atom stereocenters. The third-order valence-electron chi connectivity index (χ3n) is 2.27. The summed E-state index contributed by atoms with van der Waals surface area (Å²) in [6.07, 6.45) is 0. The molecule has 0 aliphatic carbocycles. The van der Waals surface area contributed by atoms with E-state index in [0.29, 0.717) is 10.6 Å². The quantitative estimate of drug-likeness (QED) is 0.626. The van der Waals surface area contributed by atoms with Crippen molar-refractivity contribution in [3.63, 3.8) is 0 Å². The molecule has 0 unspecified atom stereocenters. The van der Waals surface area contributed by atoms with Crippen molar-refractivity contribution in [2.45, 2.75) is 26.4 Å². The molecular formula is C13H13Br2NO2S2. The molecular weight excluding hydrogens is 426 g/mol. The van der Waals surface area contributed by atoms with Crippen LogP contribution in [-0.4, -0.2) is 11.6 Å². The van der Waals surface area contributed by atoms with Crippen molar-refractivity contribution < 1.29 is 9.53 Å². The topological polar surface area (TPSA) is 52.3 Å². The van der Waals surface area contributed by atoms with Gasteiger partial charge in [-0.1, -0.05) is 0 Å². The Morgan fingerprint density at radius 1 is 1.25 bits per heavy atom. The molecule has 0 bridgehead atoms. The van der Waals surface area contributed by atoms with Gasteiger partial charge in [-0.05, 0) is 64.8 Å². The van der Waals surface area contributed by atoms with E-state index in [9.17, 15) is 4.79 Å². The number of esters is 1. The summed E-state index contributed by atoms with van der Waals surface area (Å²) in [4.78, 5) is 13.5. The predicted octanol–water partition coefficient (Wildman–Crippen LogP) is 5.54. The third-order valence-corrected chi connectivity index (χ3v) is 5.77. The Morgan fingerprint density at radius 2 is 1.90 bits per heavy atom. The summed E-state index contributed by atoms with van der Waals surface area (Å²) < 4.78 is 7.38. The van der Waals surface area contributed by atoms with Gasteiger partial charge in [0.15, 0.2) is 0 Å². The number of nitrogen functional groups attached to an aromatic ring is 1. The SMILES string of the molecule is CC(C)(C)OC(=O)c1sc(-c2cc(Br)sc2Br)cc1N. The average molecular weight is 439 g/mol. The molecule has 0 fully saturated rings. The lowest BCUT2D eigenvalue weighted by atomic mass is 10.2. The highest BCUT2D eigenvalue weighted by molar-refractivity contribution is 9.12. The van der Waals surface area contributed by atoms with Crippen molar-refractivity contribution in [1.29, 1.82) is 0 Å². The largest absolute Gasteiger partial charge is 0.456 e. The number of hydrogen-bond donors (Lipinski definition) is 1. The monoisotopic (exact) mass is 437 g/mol. The van der Waals surface area contributed by atoms with Crippen molar-refractivity contribution in [3.05, 3.63) is 24.6 Å². The van der Waals surface area contributed by atoms with Gasteiger partial charge in [0.1, 0.15) is 10.5 Å². The molecule has 2 heterocycles. The van der Waals surface area contributed by atoms with Crippen LogP contribution in [0.25, 0.3) is 10.4 Å². The smallest absolute Gasteiger partial charge is 0.350 e. The van der Waals surface area contributed by atoms with Gasteiger partial charge in [-0.2, -0.15) is 0 Å². The van der Waals surface area contributed by atoms with Crippen LogP contribution in [0.2, 0.25) is 0 Å². The number of carbonyl (C=O) groups is 1. The summed E-state index contributed by atoms with van der Waals surface area (Å²) in [6.45, 7) is 5.51. The van der Waals surface area contributed by atoms with Gasteiger partial charge in [0.25, 0.3) is 0 Å². The van der Waals surface area contributed by atoms with E-state index in [4.69, 9.17) is 10.5 Å². The van der Waals surface area contributed by atoms with Crippen LogP contribution in [0.3, 0.4) is 0 Å². The predicted molar refractivity (Wildman–Crippen MR) is 92.6 cm³/mol. The van der Waals surface area contributed by atoms with Gasteiger partial charge in [-0.25, -0.2) is 4.79 Å². The third kappa shape index (κ3) is 3.63. The van der Waals surface area contributed by atoms with Gasteiger partial charge in [-0.3, -0.25) is 0 Å². The lowest BCUT2D eigenvalue weighted by molar-refractivity contribution is 0.00764. The first-order chi connectivity index (χ1) is 9.17. The lowest BCUT2D eigenvalue weighted by Gasteiger charge is -2.18. The molecule has 2 aromatic heterocycles. The second-order valence-electron chi connectivity index (χ2n) is 5.13. The van der Waals surface area contributed by atoms with Crippen LogP contribution in [-0.2, 0) is 4.74 Å². The molecule has 0 saturated heterocycles. The highest BCUT2D eigenvalue weighted by Crippen LogP contribution is 2.43. The molecule has 108 valence electrons. The minimum Gasteiger partial charge on any atom is -0.456 e. The fraction of sp³-hybridized carbons (Fsp3) is 0.308. The van der Waals surface area contributed by atoms with Crippen molar-refractivity contribution >= 4 is 66.2 Å². The van der Waals surface area contributed by atoms with Gasteiger partial charge in [0, 0.05) is 10.4 Å². The molecule has 2 rings (SSSR count). The molecule has 0 amide bonds. The van der Waals surface area contributed by atoms with Crippen molar-refractivity contribution in [2.75, 3.05) is 5.73 Å². The van der Waals surface area contributed by atoms with Crippen molar-refractivity contribution in [1.82, 2.24) is 0 Å². The van der Waals surface area contributed by atoms with Gasteiger partial charge < -0.3 is 10.5 Å². The Balaban J connectivity index is 2.35. The Hall–Kier alpha value is -0.370. The maximum absolute atomic E-state index is 12.1. The number of anilines is 1. The molecule has 0 radical (unpaired) electrons. The summed E-state index contributed by atoms with van der Waals surface area (Å²) in [5.41, 5.74) is 6.89. The Labute approximate surface area is 142 Å². The normalized spacial score (nSPS) is 11.7. The zero-order valence-corrected chi connectivity index (χ0v) is 15.9. The van der Waals surface area contributed by atoms with Crippen molar-refractivity contribution in [3.8, 4) is 10.4 Å². The molecule has 0 saturated carbocycles.